The van der Waals surface area contributed by atoms with Crippen molar-refractivity contribution in [2.45, 2.75) is 266 Å². The third-order valence-corrected chi connectivity index (χ3v) is 23.2. The number of carbonyl (C=O) groups is 1. The lowest BCUT2D eigenvalue weighted by atomic mass is 9.33. The molecule has 27 heteroatoms. The van der Waals surface area contributed by atoms with Crippen molar-refractivity contribution in [2.75, 3.05) is 33.0 Å². The number of ether oxygens (including phenoxy) is 10. The third kappa shape index (κ3) is 11.2. The van der Waals surface area contributed by atoms with Crippen LogP contribution in [0.5, 0.6) is 0 Å². The zero-order valence-corrected chi connectivity index (χ0v) is 50.0. The molecule has 494 valence electrons. The maximum atomic E-state index is 15.1. The molecule has 10 rings (SSSR count). The van der Waals surface area contributed by atoms with Crippen LogP contribution >= 0.6 is 0 Å². The van der Waals surface area contributed by atoms with Gasteiger partial charge in [0, 0.05) is 5.41 Å². The van der Waals surface area contributed by atoms with E-state index in [-0.39, 0.29) is 47.2 Å². The topological polar surface area (TPSA) is 433 Å². The fraction of sp³-hybridized carbons (Fsp3) is 0.949. The van der Waals surface area contributed by atoms with Gasteiger partial charge in [0.15, 0.2) is 25.2 Å². The van der Waals surface area contributed by atoms with E-state index in [1.54, 1.807) is 0 Å². The minimum Gasteiger partial charge on any atom is -0.432 e. The van der Waals surface area contributed by atoms with Gasteiger partial charge in [-0.05, 0) is 111 Å². The van der Waals surface area contributed by atoms with E-state index in [0.29, 0.717) is 57.8 Å². The van der Waals surface area contributed by atoms with Crippen LogP contribution in [-0.4, -0.2) is 274 Å². The second-order valence-electron chi connectivity index (χ2n) is 28.5. The summed E-state index contributed by atoms with van der Waals surface area (Å²) in [6, 6.07) is 0. The Morgan fingerprint density at radius 1 is 0.558 bits per heavy atom. The smallest absolute Gasteiger partial charge is 0.315 e. The molecule has 86 heavy (non-hydrogen) atoms. The first-order chi connectivity index (χ1) is 40.4. The fourth-order valence-electron chi connectivity index (χ4n) is 17.6. The Morgan fingerprint density at radius 3 is 1.77 bits per heavy atom. The van der Waals surface area contributed by atoms with Crippen molar-refractivity contribution in [3.05, 3.63) is 11.6 Å². The summed E-state index contributed by atoms with van der Waals surface area (Å²) in [4.78, 5) is 15.1. The second kappa shape index (κ2) is 24.9. The molecule has 0 aromatic heterocycles. The van der Waals surface area contributed by atoms with Crippen molar-refractivity contribution in [3.8, 4) is 0 Å². The van der Waals surface area contributed by atoms with E-state index < -0.39 is 196 Å². The van der Waals surface area contributed by atoms with Gasteiger partial charge in [-0.15, -0.1) is 0 Å². The Morgan fingerprint density at radius 2 is 1.13 bits per heavy atom. The molecule has 0 spiro atoms. The number of fused-ring (bicyclic) bond motifs is 7. The molecular weight excluding hydrogens is 1140 g/mol. The molecule has 10 aliphatic rings. The number of rotatable bonds is 14. The highest BCUT2D eigenvalue weighted by Crippen LogP contribution is 2.76. The van der Waals surface area contributed by atoms with Gasteiger partial charge in [0.25, 0.3) is 0 Å². The molecule has 5 aliphatic heterocycles. The maximum absolute atomic E-state index is 15.1. The molecule has 16 N–H and O–H groups in total. The molecule has 5 aliphatic carbocycles. The number of hydrogen-bond donors (Lipinski definition) is 16. The Bertz CT molecular complexity index is 2380. The first-order valence-corrected chi connectivity index (χ1v) is 30.8. The van der Waals surface area contributed by atoms with Crippen LogP contribution in [0.3, 0.4) is 0 Å². The SMILES string of the molecule is C[C@@H]1O[C@@H](O[C@H]2[C@H](OC3CCC4(C)C(CCC5(C)C4CC=C4C6CC(C)(C)CCC6(C(=O)O[C@@H]6O[C@H](CO[C@@H]7O[C@H](CO)[C@@H](O)[C@H](O)[C@H]7O)[C@@H](O)[C@H](O)[C@H]6O)CCC45C)C3(C)CO)OC[C@@H](O)[C@@H]2O)[C@H](O)[C@H](O[C@@H]2O[C@H](CO)[C@@H](O)[C@H](O)[C@H]2O)[C@H]1O. The Hall–Kier alpha value is -1.79. The van der Waals surface area contributed by atoms with Crippen LogP contribution in [0.15, 0.2) is 11.6 Å². The third-order valence-electron chi connectivity index (χ3n) is 23.2. The maximum Gasteiger partial charge on any atom is 0.315 e. The largest absolute Gasteiger partial charge is 0.432 e. The van der Waals surface area contributed by atoms with Gasteiger partial charge in [-0.1, -0.05) is 53.2 Å². The highest BCUT2D eigenvalue weighted by atomic mass is 16.8. The molecule has 27 nitrogen and oxygen atoms in total. The van der Waals surface area contributed by atoms with Crippen molar-refractivity contribution in [1.82, 2.24) is 0 Å². The summed E-state index contributed by atoms with van der Waals surface area (Å²) >= 11 is 0. The van der Waals surface area contributed by atoms with Gasteiger partial charge in [0.05, 0.1) is 50.7 Å². The van der Waals surface area contributed by atoms with Crippen LogP contribution in [0.2, 0.25) is 0 Å². The number of hydrogen-bond acceptors (Lipinski definition) is 27. The molecule has 5 heterocycles. The summed E-state index contributed by atoms with van der Waals surface area (Å²) in [5, 5.41) is 172. The molecule has 9 unspecified atom stereocenters. The van der Waals surface area contributed by atoms with Gasteiger partial charge in [-0.3, -0.25) is 4.79 Å². The summed E-state index contributed by atoms with van der Waals surface area (Å²) in [6.45, 7) is 12.1. The van der Waals surface area contributed by atoms with Crippen molar-refractivity contribution < 1.29 is 134 Å². The van der Waals surface area contributed by atoms with Gasteiger partial charge in [-0.25, -0.2) is 0 Å². The summed E-state index contributed by atoms with van der Waals surface area (Å²) in [5.74, 6) is -0.929. The van der Waals surface area contributed by atoms with E-state index in [9.17, 15) is 81.7 Å². The first-order valence-electron chi connectivity index (χ1n) is 30.8. The lowest BCUT2D eigenvalue weighted by molar-refractivity contribution is -0.383. The van der Waals surface area contributed by atoms with Crippen molar-refractivity contribution in [2.24, 2.45) is 50.2 Å². The fourth-order valence-corrected chi connectivity index (χ4v) is 17.6. The van der Waals surface area contributed by atoms with Gasteiger partial charge >= 0.3 is 5.97 Å². The van der Waals surface area contributed by atoms with E-state index in [2.05, 4.69) is 40.7 Å². The van der Waals surface area contributed by atoms with Crippen molar-refractivity contribution in [1.29, 1.82) is 0 Å². The van der Waals surface area contributed by atoms with Crippen LogP contribution in [0.1, 0.15) is 113 Å². The predicted molar refractivity (Wildman–Crippen MR) is 289 cm³/mol. The normalized spacial score (nSPS) is 54.8. The minimum atomic E-state index is -1.87. The average molecular weight is 1240 g/mol. The first kappa shape index (κ1) is 67.1. The van der Waals surface area contributed by atoms with Crippen LogP contribution in [0.25, 0.3) is 0 Å². The Kier molecular flexibility index (Phi) is 19.4. The number of carbonyl (C=O) groups excluding carboxylic acids is 1. The Labute approximate surface area is 499 Å². The van der Waals surface area contributed by atoms with E-state index in [0.717, 1.165) is 6.42 Å². The molecule has 0 aromatic carbocycles. The highest BCUT2D eigenvalue weighted by molar-refractivity contribution is 5.79. The number of allylic oxidation sites excluding steroid dienone is 2. The average Bonchev–Trinajstić information content (AvgIpc) is 0.689. The van der Waals surface area contributed by atoms with Gasteiger partial charge in [0.2, 0.25) is 6.29 Å². The van der Waals surface area contributed by atoms with E-state index in [4.69, 9.17) is 47.4 Å². The van der Waals surface area contributed by atoms with Crippen LogP contribution in [-0.2, 0) is 52.2 Å². The van der Waals surface area contributed by atoms with E-state index in [1.165, 1.54) is 12.5 Å². The predicted octanol–water partition coefficient (Wildman–Crippen LogP) is -3.57. The molecule has 0 amide bonds. The monoisotopic (exact) mass is 1240 g/mol. The number of esters is 1. The lowest BCUT2D eigenvalue weighted by Gasteiger charge is -2.71. The van der Waals surface area contributed by atoms with Crippen molar-refractivity contribution in [3.63, 3.8) is 0 Å². The summed E-state index contributed by atoms with van der Waals surface area (Å²) in [6.07, 6.45) is -31.4. The van der Waals surface area contributed by atoms with Crippen molar-refractivity contribution >= 4 is 5.97 Å². The summed E-state index contributed by atoms with van der Waals surface area (Å²) < 4.78 is 59.5. The molecule has 0 aromatic rings. The van der Waals surface area contributed by atoms with Gasteiger partial charge in [0.1, 0.15) is 110 Å². The van der Waals surface area contributed by atoms with Crippen LogP contribution in [0.4, 0.5) is 0 Å². The van der Waals surface area contributed by atoms with Gasteiger partial charge < -0.3 is 129 Å². The molecule has 0 bridgehead atoms. The van der Waals surface area contributed by atoms with Gasteiger partial charge in [-0.2, -0.15) is 0 Å². The summed E-state index contributed by atoms with van der Waals surface area (Å²) in [7, 11) is 0. The second-order valence-corrected chi connectivity index (χ2v) is 28.5. The van der Waals surface area contributed by atoms with E-state index >= 15 is 4.79 Å². The standard InChI is InChI=1S/C59H96O27/c1-24-34(64)46(84-49-43(73)40(70)37(67)29(20-61)81-49)45(75)51(79-24)85-47-35(65)27(63)21-77-52(47)83-33-11-12-55(4)31(56(33,5)23-62)10-13-58(7)32(55)9-8-25-26-18-54(2,3)14-16-59(26,17-15-57(25,58)6)53(76)86-50-44(74)41(71)38(68)30(82-50)22-78-48-42(72)39(69)36(66)28(19-60)80-48/h8,24,26-52,60-75H,9-23H2,1-7H3/t24-,26?,27+,28+,29+,30+,31?,32?,33?,34-,35-,36+,37+,38+,39-,40-,41-,42+,43+,44+,45+,46+,47+,48+,49-,50-,51-,52-,55?,56?,57?,58?,59?/m0/s1. The zero-order chi connectivity index (χ0) is 62.7. The highest BCUT2D eigenvalue weighted by Gasteiger charge is 2.71. The molecule has 33 atom stereocenters. The molecule has 5 saturated heterocycles. The minimum absolute atomic E-state index is 0.0885. The molecule has 9 fully saturated rings. The molecule has 4 saturated carbocycles. The van der Waals surface area contributed by atoms with E-state index in [1.807, 2.05) is 6.92 Å². The molecular formula is C59H96O27. The van der Waals surface area contributed by atoms with Crippen LogP contribution in [0, 0.1) is 50.2 Å². The summed E-state index contributed by atoms with van der Waals surface area (Å²) in [5.41, 5.74) is -2.07. The quantitative estimate of drug-likeness (QED) is 0.0454. The zero-order valence-electron chi connectivity index (χ0n) is 50.0. The lowest BCUT2D eigenvalue weighted by Crippen LogP contribution is -2.67. The molecule has 0 radical (unpaired) electrons. The number of aliphatic hydroxyl groups is 16. The van der Waals surface area contributed by atoms with Crippen LogP contribution < -0.4 is 0 Å². The Balaban J connectivity index is 0.849. The number of aliphatic hydroxyl groups excluding tert-OH is 16.